The molecule has 3 aromatic rings. The van der Waals surface area contributed by atoms with Gasteiger partial charge in [-0.25, -0.2) is 13.8 Å². The van der Waals surface area contributed by atoms with E-state index in [0.29, 0.717) is 10.5 Å². The van der Waals surface area contributed by atoms with Crippen LogP contribution in [0.3, 0.4) is 0 Å². The number of amides is 1. The standard InChI is InChI=1S/C12H7F2N3O2S/c1-5-2-8(17-19-5)11(18)16-12-15-10-7(14)3-6(13)4-9(10)20-12/h2-4H,1H3,(H,15,16,18). The highest BCUT2D eigenvalue weighted by molar-refractivity contribution is 7.22. The van der Waals surface area contributed by atoms with Crippen LogP contribution in [-0.4, -0.2) is 16.0 Å². The molecule has 0 saturated heterocycles. The molecule has 0 atom stereocenters. The van der Waals surface area contributed by atoms with Crippen molar-refractivity contribution in [3.63, 3.8) is 0 Å². The molecule has 0 radical (unpaired) electrons. The molecule has 0 fully saturated rings. The molecule has 0 saturated carbocycles. The quantitative estimate of drug-likeness (QED) is 0.788. The molecule has 0 aliphatic carbocycles. The van der Waals surface area contributed by atoms with Gasteiger partial charge < -0.3 is 4.52 Å². The Bertz CT molecular complexity index is 812. The van der Waals surface area contributed by atoms with Crippen molar-refractivity contribution in [2.75, 3.05) is 5.32 Å². The second-order valence-corrected chi connectivity index (χ2v) is 5.06. The second-order valence-electron chi connectivity index (χ2n) is 4.03. The third-order valence-corrected chi connectivity index (χ3v) is 3.41. The zero-order valence-electron chi connectivity index (χ0n) is 10.1. The van der Waals surface area contributed by atoms with Gasteiger partial charge in [0, 0.05) is 12.1 Å². The average molecular weight is 295 g/mol. The molecule has 0 bridgehead atoms. The number of nitrogens with zero attached hydrogens (tertiary/aromatic N) is 2. The minimum absolute atomic E-state index is 0.0167. The molecule has 3 rings (SSSR count). The summed E-state index contributed by atoms with van der Waals surface area (Å²) in [7, 11) is 0. The predicted molar refractivity (Wildman–Crippen MR) is 68.7 cm³/mol. The van der Waals surface area contributed by atoms with E-state index in [1.807, 2.05) is 0 Å². The molecular weight excluding hydrogens is 288 g/mol. The number of hydrogen-bond donors (Lipinski definition) is 1. The fraction of sp³-hybridized carbons (Fsp3) is 0.0833. The van der Waals surface area contributed by atoms with Crippen LogP contribution in [0.1, 0.15) is 16.2 Å². The van der Waals surface area contributed by atoms with Gasteiger partial charge in [0.15, 0.2) is 16.6 Å². The van der Waals surface area contributed by atoms with Crippen molar-refractivity contribution in [3.05, 3.63) is 41.3 Å². The largest absolute Gasteiger partial charge is 0.361 e. The van der Waals surface area contributed by atoms with Crippen LogP contribution in [0.5, 0.6) is 0 Å². The van der Waals surface area contributed by atoms with Gasteiger partial charge in [0.25, 0.3) is 5.91 Å². The topological polar surface area (TPSA) is 68.0 Å². The first-order valence-electron chi connectivity index (χ1n) is 5.53. The maximum absolute atomic E-state index is 13.5. The summed E-state index contributed by atoms with van der Waals surface area (Å²) < 4.78 is 31.6. The van der Waals surface area contributed by atoms with Crippen molar-refractivity contribution in [1.82, 2.24) is 10.1 Å². The van der Waals surface area contributed by atoms with E-state index in [1.165, 1.54) is 6.07 Å². The molecule has 1 N–H and O–H groups in total. The Morgan fingerprint density at radius 3 is 2.85 bits per heavy atom. The Balaban J connectivity index is 1.91. The smallest absolute Gasteiger partial charge is 0.279 e. The molecule has 2 heterocycles. The number of anilines is 1. The van der Waals surface area contributed by atoms with E-state index in [9.17, 15) is 13.6 Å². The van der Waals surface area contributed by atoms with E-state index in [-0.39, 0.29) is 16.3 Å². The lowest BCUT2D eigenvalue weighted by Gasteiger charge is -1.95. The number of aromatic nitrogens is 2. The van der Waals surface area contributed by atoms with Crippen LogP contribution in [0.2, 0.25) is 0 Å². The lowest BCUT2D eigenvalue weighted by molar-refractivity contribution is 0.101. The summed E-state index contributed by atoms with van der Waals surface area (Å²) in [4.78, 5) is 15.7. The Morgan fingerprint density at radius 1 is 1.35 bits per heavy atom. The molecule has 0 aliphatic heterocycles. The van der Waals surface area contributed by atoms with Gasteiger partial charge in [0.05, 0.1) is 4.70 Å². The summed E-state index contributed by atoms with van der Waals surface area (Å²) >= 11 is 0.974. The number of carbonyl (C=O) groups is 1. The fourth-order valence-electron chi connectivity index (χ4n) is 1.65. The third-order valence-electron chi connectivity index (χ3n) is 2.49. The number of halogens is 2. The van der Waals surface area contributed by atoms with Crippen LogP contribution in [-0.2, 0) is 0 Å². The van der Waals surface area contributed by atoms with Gasteiger partial charge in [0.1, 0.15) is 17.1 Å². The molecule has 102 valence electrons. The maximum Gasteiger partial charge on any atom is 0.279 e. The highest BCUT2D eigenvalue weighted by Crippen LogP contribution is 2.28. The maximum atomic E-state index is 13.5. The summed E-state index contributed by atoms with van der Waals surface area (Å²) in [6, 6.07) is 3.36. The van der Waals surface area contributed by atoms with Gasteiger partial charge >= 0.3 is 0 Å². The van der Waals surface area contributed by atoms with Gasteiger partial charge in [0.2, 0.25) is 0 Å². The Morgan fingerprint density at radius 2 is 2.15 bits per heavy atom. The highest BCUT2D eigenvalue weighted by Gasteiger charge is 2.15. The number of rotatable bonds is 2. The summed E-state index contributed by atoms with van der Waals surface area (Å²) in [6.07, 6.45) is 0. The van der Waals surface area contributed by atoms with Crippen molar-refractivity contribution in [2.24, 2.45) is 0 Å². The van der Waals surface area contributed by atoms with E-state index < -0.39 is 17.5 Å². The van der Waals surface area contributed by atoms with Gasteiger partial charge in [-0.1, -0.05) is 16.5 Å². The molecule has 2 aromatic heterocycles. The van der Waals surface area contributed by atoms with Crippen molar-refractivity contribution in [1.29, 1.82) is 0 Å². The van der Waals surface area contributed by atoms with E-state index in [0.717, 1.165) is 23.5 Å². The van der Waals surface area contributed by atoms with Crippen molar-refractivity contribution in [2.45, 2.75) is 6.92 Å². The zero-order valence-corrected chi connectivity index (χ0v) is 10.9. The molecule has 8 heteroatoms. The molecule has 1 aromatic carbocycles. The summed E-state index contributed by atoms with van der Waals surface area (Å²) in [5.41, 5.74) is 0.108. The molecule has 0 spiro atoms. The highest BCUT2D eigenvalue weighted by atomic mass is 32.1. The Labute approximate surface area is 115 Å². The summed E-state index contributed by atoms with van der Waals surface area (Å²) in [5.74, 6) is -1.49. The van der Waals surface area contributed by atoms with E-state index in [4.69, 9.17) is 4.52 Å². The van der Waals surface area contributed by atoms with Gasteiger partial charge in [-0.15, -0.1) is 0 Å². The Kier molecular flexibility index (Phi) is 2.94. The van der Waals surface area contributed by atoms with Gasteiger partial charge in [-0.3, -0.25) is 10.1 Å². The molecular formula is C12H7F2N3O2S. The predicted octanol–water partition coefficient (Wildman–Crippen LogP) is 3.12. The minimum Gasteiger partial charge on any atom is -0.361 e. The summed E-state index contributed by atoms with van der Waals surface area (Å²) in [5, 5.41) is 6.18. The number of fused-ring (bicyclic) bond motifs is 1. The van der Waals surface area contributed by atoms with Crippen molar-refractivity contribution < 1.29 is 18.1 Å². The first-order chi connectivity index (χ1) is 9.52. The van der Waals surface area contributed by atoms with Crippen LogP contribution in [0.25, 0.3) is 10.2 Å². The molecule has 20 heavy (non-hydrogen) atoms. The normalized spacial score (nSPS) is 10.9. The van der Waals surface area contributed by atoms with Gasteiger partial charge in [-0.05, 0) is 13.0 Å². The first kappa shape index (κ1) is 12.7. The molecule has 5 nitrogen and oxygen atoms in total. The number of benzene rings is 1. The van der Waals surface area contributed by atoms with Crippen LogP contribution in [0.4, 0.5) is 13.9 Å². The Hall–Kier alpha value is -2.35. The fourth-order valence-corrected chi connectivity index (χ4v) is 2.55. The SMILES string of the molecule is Cc1cc(C(=O)Nc2nc3c(F)cc(F)cc3s2)no1. The first-order valence-corrected chi connectivity index (χ1v) is 6.35. The number of thiazole rings is 1. The number of carbonyl (C=O) groups excluding carboxylic acids is 1. The van der Waals surface area contributed by atoms with Crippen LogP contribution >= 0.6 is 11.3 Å². The average Bonchev–Trinajstić information content (AvgIpc) is 2.95. The molecule has 0 unspecified atom stereocenters. The third kappa shape index (κ3) is 2.25. The number of nitrogens with one attached hydrogen (secondary N) is 1. The lowest BCUT2D eigenvalue weighted by atomic mass is 10.3. The van der Waals surface area contributed by atoms with E-state index in [2.05, 4.69) is 15.5 Å². The van der Waals surface area contributed by atoms with Crippen molar-refractivity contribution >= 4 is 32.6 Å². The minimum atomic E-state index is -0.769. The molecule has 0 aliphatic rings. The van der Waals surface area contributed by atoms with Crippen LogP contribution < -0.4 is 5.32 Å². The van der Waals surface area contributed by atoms with E-state index >= 15 is 0 Å². The van der Waals surface area contributed by atoms with E-state index in [1.54, 1.807) is 6.92 Å². The summed E-state index contributed by atoms with van der Waals surface area (Å²) in [6.45, 7) is 1.65. The second kappa shape index (κ2) is 4.64. The van der Waals surface area contributed by atoms with Crippen LogP contribution in [0.15, 0.2) is 22.7 Å². The number of aryl methyl sites for hydroxylation is 1. The zero-order chi connectivity index (χ0) is 14.3. The molecule has 1 amide bonds. The lowest BCUT2D eigenvalue weighted by Crippen LogP contribution is -2.11. The van der Waals surface area contributed by atoms with Crippen LogP contribution in [0, 0.1) is 18.6 Å². The van der Waals surface area contributed by atoms with Crippen molar-refractivity contribution in [3.8, 4) is 0 Å². The van der Waals surface area contributed by atoms with Gasteiger partial charge in [-0.2, -0.15) is 0 Å². The number of hydrogen-bond acceptors (Lipinski definition) is 5. The monoisotopic (exact) mass is 295 g/mol.